The van der Waals surface area contributed by atoms with E-state index in [1.807, 2.05) is 30.3 Å². The van der Waals surface area contributed by atoms with E-state index in [0.717, 1.165) is 6.42 Å². The Kier molecular flexibility index (Phi) is 7.38. The van der Waals surface area contributed by atoms with Crippen molar-refractivity contribution in [1.29, 1.82) is 0 Å². The van der Waals surface area contributed by atoms with Crippen molar-refractivity contribution in [2.75, 3.05) is 0 Å². The lowest BCUT2D eigenvalue weighted by Crippen LogP contribution is -2.40. The fraction of sp³-hybridized carbons (Fsp3) is 0.333. The maximum Gasteiger partial charge on any atom is 0.331 e. The van der Waals surface area contributed by atoms with Crippen LogP contribution in [0.15, 0.2) is 54.1 Å². The third kappa shape index (κ3) is 5.32. The lowest BCUT2D eigenvalue weighted by atomic mass is 9.83. The summed E-state index contributed by atoms with van der Waals surface area (Å²) < 4.78 is -1.31. The van der Waals surface area contributed by atoms with Crippen molar-refractivity contribution in [1.82, 2.24) is 0 Å². The van der Waals surface area contributed by atoms with Crippen LogP contribution in [-0.2, 0) is 16.0 Å². The van der Waals surface area contributed by atoms with Crippen LogP contribution >= 0.6 is 15.9 Å². The molecular formula is C18H21BrO5. The Hall–Kier alpha value is -1.92. The summed E-state index contributed by atoms with van der Waals surface area (Å²) >= 11 is 3.04. The first-order valence-electron chi connectivity index (χ1n) is 7.45. The summed E-state index contributed by atoms with van der Waals surface area (Å²) in [6.07, 6.45) is 4.80. The molecule has 24 heavy (non-hydrogen) atoms. The zero-order chi connectivity index (χ0) is 18.3. The molecule has 3 atom stereocenters. The molecule has 0 fully saturated rings. The van der Waals surface area contributed by atoms with Crippen LogP contribution in [0, 0.1) is 5.92 Å². The van der Waals surface area contributed by atoms with Crippen molar-refractivity contribution >= 4 is 27.9 Å². The zero-order valence-electron chi connectivity index (χ0n) is 13.5. The lowest BCUT2D eigenvalue weighted by molar-refractivity contribution is -0.139. The van der Waals surface area contributed by atoms with Crippen molar-refractivity contribution in [2.45, 2.75) is 30.7 Å². The number of aliphatic hydroxyl groups excluding tert-OH is 1. The molecule has 3 N–H and O–H groups in total. The standard InChI is InChI=1S/C9H9BrO4.C9H12O/c1-5-6(7(11)12)3-2-4-9(5,10)8(13)14;1-8(10)7-9-5-3-2-4-6-9/h2-5H,1H3,(H,11,12)(H,13,14);2-6,8,10H,7H2,1H3. The van der Waals surface area contributed by atoms with Crippen LogP contribution < -0.4 is 0 Å². The van der Waals surface area contributed by atoms with Crippen molar-refractivity contribution in [3.05, 3.63) is 59.7 Å². The molecule has 0 bridgehead atoms. The Labute approximate surface area is 149 Å². The van der Waals surface area contributed by atoms with Gasteiger partial charge in [0.2, 0.25) is 0 Å². The molecule has 6 heteroatoms. The van der Waals surface area contributed by atoms with Crippen LogP contribution in [0.1, 0.15) is 19.4 Å². The third-order valence-corrected chi connectivity index (χ3v) is 4.95. The van der Waals surface area contributed by atoms with E-state index in [0.29, 0.717) is 0 Å². The maximum atomic E-state index is 10.9. The summed E-state index contributed by atoms with van der Waals surface area (Å²) in [5, 5.41) is 26.8. The van der Waals surface area contributed by atoms with E-state index in [2.05, 4.69) is 15.9 Å². The summed E-state index contributed by atoms with van der Waals surface area (Å²) in [4.78, 5) is 21.7. The van der Waals surface area contributed by atoms with E-state index < -0.39 is 22.2 Å². The topological polar surface area (TPSA) is 94.8 Å². The number of alkyl halides is 1. The minimum absolute atomic E-state index is 0.0896. The van der Waals surface area contributed by atoms with E-state index in [1.165, 1.54) is 23.8 Å². The zero-order valence-corrected chi connectivity index (χ0v) is 15.1. The molecule has 0 saturated heterocycles. The second kappa shape index (κ2) is 8.80. The Balaban J connectivity index is 0.000000254. The van der Waals surface area contributed by atoms with Crippen LogP contribution in [0.2, 0.25) is 0 Å². The third-order valence-electron chi connectivity index (χ3n) is 3.66. The Bertz CT molecular complexity index is 636. The molecule has 1 aromatic rings. The predicted octanol–water partition coefficient (Wildman–Crippen LogP) is 3.03. The van der Waals surface area contributed by atoms with Crippen molar-refractivity contribution < 1.29 is 24.9 Å². The molecule has 1 aliphatic carbocycles. The minimum Gasteiger partial charge on any atom is -0.480 e. The number of rotatable bonds is 4. The first-order chi connectivity index (χ1) is 11.2. The molecule has 0 heterocycles. The van der Waals surface area contributed by atoms with E-state index in [9.17, 15) is 9.59 Å². The predicted molar refractivity (Wildman–Crippen MR) is 95.1 cm³/mol. The van der Waals surface area contributed by atoms with Gasteiger partial charge in [-0.05, 0) is 18.9 Å². The quantitative estimate of drug-likeness (QED) is 0.679. The number of allylic oxidation sites excluding steroid dienone is 2. The molecule has 0 spiro atoms. The number of carboxylic acids is 2. The van der Waals surface area contributed by atoms with Gasteiger partial charge in [-0.25, -0.2) is 4.79 Å². The van der Waals surface area contributed by atoms with E-state index >= 15 is 0 Å². The molecule has 0 aliphatic heterocycles. The van der Waals surface area contributed by atoms with Gasteiger partial charge in [-0.3, -0.25) is 4.79 Å². The van der Waals surface area contributed by atoms with Gasteiger partial charge in [-0.15, -0.1) is 0 Å². The van der Waals surface area contributed by atoms with E-state index in [-0.39, 0.29) is 11.7 Å². The summed E-state index contributed by atoms with van der Waals surface area (Å²) in [5.74, 6) is -2.79. The number of carboxylic acid groups (broad SMARTS) is 2. The van der Waals surface area contributed by atoms with E-state index in [4.69, 9.17) is 15.3 Å². The lowest BCUT2D eigenvalue weighted by Gasteiger charge is -2.29. The smallest absolute Gasteiger partial charge is 0.331 e. The van der Waals surface area contributed by atoms with Gasteiger partial charge in [-0.2, -0.15) is 0 Å². The molecule has 1 aromatic carbocycles. The van der Waals surface area contributed by atoms with Crippen LogP contribution in [0.4, 0.5) is 0 Å². The number of benzene rings is 1. The minimum atomic E-state index is -1.31. The molecule has 0 amide bonds. The number of aliphatic carboxylic acids is 2. The average molecular weight is 397 g/mol. The molecule has 0 saturated carbocycles. The molecule has 0 radical (unpaired) electrons. The van der Waals surface area contributed by atoms with Gasteiger partial charge in [0.1, 0.15) is 4.32 Å². The van der Waals surface area contributed by atoms with Gasteiger partial charge < -0.3 is 15.3 Å². The van der Waals surface area contributed by atoms with Crippen molar-refractivity contribution in [3.63, 3.8) is 0 Å². The van der Waals surface area contributed by atoms with Gasteiger partial charge in [0, 0.05) is 11.5 Å². The van der Waals surface area contributed by atoms with Crippen molar-refractivity contribution in [2.24, 2.45) is 5.92 Å². The maximum absolute atomic E-state index is 10.9. The highest BCUT2D eigenvalue weighted by Crippen LogP contribution is 2.37. The SMILES string of the molecule is CC(O)Cc1ccccc1.CC1C(C(=O)O)=CC=CC1(Br)C(=O)O. The van der Waals surface area contributed by atoms with Gasteiger partial charge in [0.05, 0.1) is 6.10 Å². The normalized spacial score (nSPS) is 23.5. The number of aliphatic hydroxyl groups is 1. The van der Waals surface area contributed by atoms with Gasteiger partial charge >= 0.3 is 11.9 Å². The Morgan fingerprint density at radius 1 is 1.25 bits per heavy atom. The highest BCUT2D eigenvalue weighted by Gasteiger charge is 2.43. The Morgan fingerprint density at radius 3 is 2.29 bits per heavy atom. The summed E-state index contributed by atoms with van der Waals surface area (Å²) in [7, 11) is 0. The molecule has 0 aromatic heterocycles. The van der Waals surface area contributed by atoms with Crippen LogP contribution in [-0.4, -0.2) is 37.7 Å². The van der Waals surface area contributed by atoms with Gasteiger partial charge in [0.25, 0.3) is 0 Å². The van der Waals surface area contributed by atoms with Crippen molar-refractivity contribution in [3.8, 4) is 0 Å². The number of halogens is 1. The molecule has 5 nitrogen and oxygen atoms in total. The second-order valence-corrected chi connectivity index (χ2v) is 6.93. The monoisotopic (exact) mass is 396 g/mol. The fourth-order valence-corrected chi connectivity index (χ4v) is 2.67. The first kappa shape index (κ1) is 20.1. The first-order valence-corrected chi connectivity index (χ1v) is 8.24. The van der Waals surface area contributed by atoms with E-state index in [1.54, 1.807) is 13.8 Å². The summed E-state index contributed by atoms with van der Waals surface area (Å²) in [5.41, 5.74) is 1.28. The largest absolute Gasteiger partial charge is 0.480 e. The molecule has 130 valence electrons. The molecule has 2 rings (SSSR count). The molecule has 1 aliphatic rings. The highest BCUT2D eigenvalue weighted by atomic mass is 79.9. The second-order valence-electron chi connectivity index (χ2n) is 5.62. The van der Waals surface area contributed by atoms with Crippen LogP contribution in [0.5, 0.6) is 0 Å². The summed E-state index contributed by atoms with van der Waals surface area (Å²) in [6, 6.07) is 9.99. The highest BCUT2D eigenvalue weighted by molar-refractivity contribution is 9.10. The number of hydrogen-bond acceptors (Lipinski definition) is 3. The van der Waals surface area contributed by atoms with Crippen LogP contribution in [0.3, 0.4) is 0 Å². The van der Waals surface area contributed by atoms with Gasteiger partial charge in [-0.1, -0.05) is 71.4 Å². The number of hydrogen-bond donors (Lipinski definition) is 3. The fourth-order valence-electron chi connectivity index (χ4n) is 2.28. The Morgan fingerprint density at radius 2 is 1.83 bits per heavy atom. The molecular weight excluding hydrogens is 376 g/mol. The van der Waals surface area contributed by atoms with Crippen LogP contribution in [0.25, 0.3) is 0 Å². The average Bonchev–Trinajstić information content (AvgIpc) is 2.50. The number of carbonyl (C=O) groups is 2. The molecule has 3 unspecified atom stereocenters. The summed E-state index contributed by atoms with van der Waals surface area (Å²) in [6.45, 7) is 3.36. The van der Waals surface area contributed by atoms with Gasteiger partial charge in [0.15, 0.2) is 0 Å².